The highest BCUT2D eigenvalue weighted by Gasteiger charge is 2.37. The Morgan fingerprint density at radius 1 is 1.26 bits per heavy atom. The third kappa shape index (κ3) is 1.64. The summed E-state index contributed by atoms with van der Waals surface area (Å²) in [5, 5.41) is 3.67. The summed E-state index contributed by atoms with van der Waals surface area (Å²) in [6.07, 6.45) is 1.20. The number of nitrogens with zero attached hydrogens (tertiary/aromatic N) is 3. The smallest absolute Gasteiger partial charge is 0.299 e. The lowest BCUT2D eigenvalue weighted by molar-refractivity contribution is -0.114. The summed E-state index contributed by atoms with van der Waals surface area (Å²) in [6.45, 7) is 3.97. The largest absolute Gasteiger partial charge is 0.343 e. The van der Waals surface area contributed by atoms with E-state index in [1.54, 1.807) is 6.07 Å². The number of Topliss-reactive ketones (excluding diaryl/α,β-unsaturated/α-hetero) is 1. The molecule has 6 heteroatoms. The van der Waals surface area contributed by atoms with E-state index < -0.39 is 11.7 Å². The van der Waals surface area contributed by atoms with Gasteiger partial charge in [0.25, 0.3) is 11.7 Å². The second kappa shape index (κ2) is 4.01. The Balaban J connectivity index is 2.10. The maximum absolute atomic E-state index is 12.0. The fourth-order valence-corrected chi connectivity index (χ4v) is 2.23. The molecule has 1 aliphatic rings. The van der Waals surface area contributed by atoms with Crippen molar-refractivity contribution >= 4 is 17.4 Å². The number of anilines is 1. The van der Waals surface area contributed by atoms with Crippen molar-refractivity contribution in [2.75, 3.05) is 4.90 Å². The van der Waals surface area contributed by atoms with Crippen LogP contribution in [0.1, 0.15) is 27.3 Å². The quantitative estimate of drug-likeness (QED) is 0.760. The zero-order valence-electron chi connectivity index (χ0n) is 10.5. The molecule has 0 spiro atoms. The van der Waals surface area contributed by atoms with Gasteiger partial charge in [-0.15, -0.1) is 0 Å². The standard InChI is InChI=1S/C13H11N3O3/c1-7-3-4-9-11(8(7)2)16(13(18)12(9)17)5-10-14-6-19-15-10/h3-4,6H,5H2,1-2H3. The molecule has 1 aromatic heterocycles. The van der Waals surface area contributed by atoms with Gasteiger partial charge in [-0.25, -0.2) is 0 Å². The molecule has 0 saturated heterocycles. The number of carbonyl (C=O) groups is 2. The molecule has 6 nitrogen and oxygen atoms in total. The molecule has 2 aromatic rings. The highest BCUT2D eigenvalue weighted by molar-refractivity contribution is 6.52. The van der Waals surface area contributed by atoms with Crippen LogP contribution in [0.25, 0.3) is 0 Å². The minimum atomic E-state index is -0.548. The van der Waals surface area contributed by atoms with E-state index in [-0.39, 0.29) is 6.54 Å². The first kappa shape index (κ1) is 11.6. The molecule has 0 atom stereocenters. The first-order valence-corrected chi connectivity index (χ1v) is 5.81. The lowest BCUT2D eigenvalue weighted by Crippen LogP contribution is -2.30. The van der Waals surface area contributed by atoms with E-state index in [9.17, 15) is 9.59 Å². The van der Waals surface area contributed by atoms with E-state index >= 15 is 0 Å². The van der Waals surface area contributed by atoms with Crippen LogP contribution in [0.2, 0.25) is 0 Å². The Labute approximate surface area is 109 Å². The number of hydrogen-bond acceptors (Lipinski definition) is 5. The summed E-state index contributed by atoms with van der Waals surface area (Å²) in [4.78, 5) is 29.3. The normalized spacial score (nSPS) is 14.1. The molecule has 1 aromatic carbocycles. The summed E-state index contributed by atoms with van der Waals surface area (Å²) in [5.41, 5.74) is 3.04. The highest BCUT2D eigenvalue weighted by Crippen LogP contribution is 2.34. The van der Waals surface area contributed by atoms with Crippen LogP contribution in [-0.4, -0.2) is 21.8 Å². The Morgan fingerprint density at radius 2 is 2.05 bits per heavy atom. The fraction of sp³-hybridized carbons (Fsp3) is 0.231. The predicted molar refractivity (Wildman–Crippen MR) is 65.7 cm³/mol. The van der Waals surface area contributed by atoms with Crippen LogP contribution in [0.4, 0.5) is 5.69 Å². The van der Waals surface area contributed by atoms with Gasteiger partial charge < -0.3 is 4.52 Å². The van der Waals surface area contributed by atoms with Crippen molar-refractivity contribution in [3.63, 3.8) is 0 Å². The molecular formula is C13H11N3O3. The van der Waals surface area contributed by atoms with E-state index in [1.807, 2.05) is 19.9 Å². The van der Waals surface area contributed by atoms with Crippen molar-refractivity contribution < 1.29 is 14.1 Å². The lowest BCUT2D eigenvalue weighted by Gasteiger charge is -2.17. The van der Waals surface area contributed by atoms with Crippen LogP contribution in [0.3, 0.4) is 0 Å². The van der Waals surface area contributed by atoms with E-state index in [4.69, 9.17) is 0 Å². The van der Waals surface area contributed by atoms with Crippen LogP contribution >= 0.6 is 0 Å². The van der Waals surface area contributed by atoms with Crippen LogP contribution in [0, 0.1) is 13.8 Å². The third-order valence-electron chi connectivity index (χ3n) is 3.36. The maximum Gasteiger partial charge on any atom is 0.299 e. The Kier molecular flexibility index (Phi) is 2.45. The Hall–Kier alpha value is -2.50. The molecule has 0 fully saturated rings. The van der Waals surface area contributed by atoms with E-state index in [0.717, 1.165) is 11.1 Å². The van der Waals surface area contributed by atoms with E-state index in [1.165, 1.54) is 11.3 Å². The molecular weight excluding hydrogens is 246 g/mol. The zero-order chi connectivity index (χ0) is 13.6. The van der Waals surface area contributed by atoms with Gasteiger partial charge in [0.1, 0.15) is 0 Å². The second-order valence-electron chi connectivity index (χ2n) is 4.47. The molecule has 0 aliphatic carbocycles. The molecule has 19 heavy (non-hydrogen) atoms. The summed E-state index contributed by atoms with van der Waals surface area (Å²) in [6, 6.07) is 3.53. The van der Waals surface area contributed by atoms with E-state index in [0.29, 0.717) is 17.1 Å². The monoisotopic (exact) mass is 257 g/mol. The summed E-state index contributed by atoms with van der Waals surface area (Å²) < 4.78 is 4.64. The number of aryl methyl sites for hydroxylation is 1. The van der Waals surface area contributed by atoms with Gasteiger partial charge in [0.15, 0.2) is 5.82 Å². The summed E-state index contributed by atoms with van der Waals surface area (Å²) >= 11 is 0. The Morgan fingerprint density at radius 3 is 2.74 bits per heavy atom. The van der Waals surface area contributed by atoms with Crippen LogP contribution < -0.4 is 4.90 Å². The third-order valence-corrected chi connectivity index (χ3v) is 3.36. The number of rotatable bonds is 2. The number of ketones is 1. The van der Waals surface area contributed by atoms with Gasteiger partial charge >= 0.3 is 0 Å². The van der Waals surface area contributed by atoms with Crippen molar-refractivity contribution in [1.82, 2.24) is 10.1 Å². The van der Waals surface area contributed by atoms with Crippen molar-refractivity contribution in [2.24, 2.45) is 0 Å². The number of fused-ring (bicyclic) bond motifs is 1. The molecule has 96 valence electrons. The average molecular weight is 257 g/mol. The predicted octanol–water partition coefficient (Wildman–Crippen LogP) is 1.42. The number of benzene rings is 1. The first-order chi connectivity index (χ1) is 9.09. The van der Waals surface area contributed by atoms with E-state index in [2.05, 4.69) is 14.7 Å². The minimum absolute atomic E-state index is 0.137. The van der Waals surface area contributed by atoms with Gasteiger partial charge in [-0.3, -0.25) is 14.5 Å². The van der Waals surface area contributed by atoms with Gasteiger partial charge in [0.05, 0.1) is 17.8 Å². The number of amides is 1. The van der Waals surface area contributed by atoms with Crippen LogP contribution in [-0.2, 0) is 11.3 Å². The summed E-state index contributed by atoms with van der Waals surface area (Å²) in [7, 11) is 0. The molecule has 0 bridgehead atoms. The van der Waals surface area contributed by atoms with Crippen molar-refractivity contribution in [3.8, 4) is 0 Å². The molecule has 3 rings (SSSR count). The molecule has 0 unspecified atom stereocenters. The van der Waals surface area contributed by atoms with Gasteiger partial charge in [-0.2, -0.15) is 4.98 Å². The number of aromatic nitrogens is 2. The number of carbonyl (C=O) groups excluding carboxylic acids is 2. The second-order valence-corrected chi connectivity index (χ2v) is 4.47. The highest BCUT2D eigenvalue weighted by atomic mass is 16.5. The molecule has 0 radical (unpaired) electrons. The fourth-order valence-electron chi connectivity index (χ4n) is 2.23. The molecule has 0 N–H and O–H groups in total. The topological polar surface area (TPSA) is 76.3 Å². The minimum Gasteiger partial charge on any atom is -0.343 e. The van der Waals surface area contributed by atoms with Gasteiger partial charge in [0, 0.05) is 0 Å². The molecule has 1 aliphatic heterocycles. The molecule has 1 amide bonds. The molecule has 2 heterocycles. The SMILES string of the molecule is Cc1ccc2c(c1C)N(Cc1ncon1)C(=O)C2=O. The van der Waals surface area contributed by atoms with Crippen molar-refractivity contribution in [3.05, 3.63) is 41.0 Å². The van der Waals surface area contributed by atoms with Crippen molar-refractivity contribution in [2.45, 2.75) is 20.4 Å². The maximum atomic E-state index is 12.0. The summed E-state index contributed by atoms with van der Waals surface area (Å²) in [5.74, 6) is -0.662. The van der Waals surface area contributed by atoms with Gasteiger partial charge in [-0.05, 0) is 31.0 Å². The number of hydrogen-bond donors (Lipinski definition) is 0. The van der Waals surface area contributed by atoms with Crippen molar-refractivity contribution in [1.29, 1.82) is 0 Å². The first-order valence-electron chi connectivity index (χ1n) is 5.81. The molecule has 0 saturated carbocycles. The van der Waals surface area contributed by atoms with Crippen LogP contribution in [0.5, 0.6) is 0 Å². The van der Waals surface area contributed by atoms with Crippen LogP contribution in [0.15, 0.2) is 23.0 Å². The van der Waals surface area contributed by atoms with Gasteiger partial charge in [-0.1, -0.05) is 11.2 Å². The zero-order valence-corrected chi connectivity index (χ0v) is 10.5. The lowest BCUT2D eigenvalue weighted by atomic mass is 10.0. The Bertz CT molecular complexity index is 677. The average Bonchev–Trinajstić information content (AvgIpc) is 2.98. The van der Waals surface area contributed by atoms with Gasteiger partial charge in [0.2, 0.25) is 6.39 Å².